The van der Waals surface area contributed by atoms with Crippen LogP contribution in [0.4, 0.5) is 0 Å². The Balaban J connectivity index is 1.48. The zero-order valence-electron chi connectivity index (χ0n) is 18.0. The van der Waals surface area contributed by atoms with Crippen LogP contribution < -0.4 is 16.4 Å². The summed E-state index contributed by atoms with van der Waals surface area (Å²) in [4.78, 5) is 30.1. The van der Waals surface area contributed by atoms with E-state index in [1.807, 2.05) is 42.2 Å². The molecule has 1 aliphatic heterocycles. The molecule has 2 amide bonds. The SMILES string of the molecule is CCNC(=NCc1ccc(C(N)=O)cc1)NCC1CC(=O)N(CCc2ccccc2)C1. The molecule has 1 atom stereocenters. The molecule has 164 valence electrons. The van der Waals surface area contributed by atoms with Crippen LogP contribution >= 0.6 is 0 Å². The van der Waals surface area contributed by atoms with Crippen molar-refractivity contribution in [2.24, 2.45) is 16.6 Å². The van der Waals surface area contributed by atoms with Gasteiger partial charge in [0, 0.05) is 44.1 Å². The van der Waals surface area contributed by atoms with Crippen LogP contribution in [-0.2, 0) is 17.8 Å². The summed E-state index contributed by atoms with van der Waals surface area (Å²) in [5.41, 5.74) is 8.01. The number of hydrogen-bond acceptors (Lipinski definition) is 3. The molecule has 7 heteroatoms. The molecule has 1 aliphatic rings. The number of amides is 2. The Morgan fingerprint density at radius 2 is 1.84 bits per heavy atom. The lowest BCUT2D eigenvalue weighted by Crippen LogP contribution is -2.40. The summed E-state index contributed by atoms with van der Waals surface area (Å²) in [5.74, 6) is 0.770. The van der Waals surface area contributed by atoms with Gasteiger partial charge >= 0.3 is 0 Å². The highest BCUT2D eigenvalue weighted by atomic mass is 16.2. The van der Waals surface area contributed by atoms with Crippen molar-refractivity contribution >= 4 is 17.8 Å². The highest BCUT2D eigenvalue weighted by molar-refractivity contribution is 5.92. The van der Waals surface area contributed by atoms with Crippen molar-refractivity contribution in [2.45, 2.75) is 26.3 Å². The molecule has 1 fully saturated rings. The minimum atomic E-state index is -0.436. The summed E-state index contributed by atoms with van der Waals surface area (Å²) < 4.78 is 0. The molecule has 1 heterocycles. The molecule has 0 bridgehead atoms. The number of carbonyl (C=O) groups excluding carboxylic acids is 2. The van der Waals surface area contributed by atoms with E-state index < -0.39 is 5.91 Å². The molecule has 0 spiro atoms. The second-order valence-corrected chi connectivity index (χ2v) is 7.78. The van der Waals surface area contributed by atoms with Crippen LogP contribution in [0.5, 0.6) is 0 Å². The van der Waals surface area contributed by atoms with Gasteiger partial charge in [-0.1, -0.05) is 42.5 Å². The van der Waals surface area contributed by atoms with Gasteiger partial charge in [-0.15, -0.1) is 0 Å². The fraction of sp³-hybridized carbons (Fsp3) is 0.375. The Hall–Kier alpha value is -3.35. The summed E-state index contributed by atoms with van der Waals surface area (Å²) in [6.45, 7) is 5.48. The van der Waals surface area contributed by atoms with Gasteiger partial charge in [0.1, 0.15) is 0 Å². The van der Waals surface area contributed by atoms with Gasteiger partial charge in [-0.25, -0.2) is 4.99 Å². The van der Waals surface area contributed by atoms with E-state index in [2.05, 4.69) is 27.8 Å². The van der Waals surface area contributed by atoms with E-state index >= 15 is 0 Å². The maximum Gasteiger partial charge on any atom is 0.248 e. The average Bonchev–Trinajstić information content (AvgIpc) is 3.14. The van der Waals surface area contributed by atoms with Crippen LogP contribution in [0.2, 0.25) is 0 Å². The Labute approximate surface area is 183 Å². The number of benzene rings is 2. The quantitative estimate of drug-likeness (QED) is 0.425. The topological polar surface area (TPSA) is 99.8 Å². The molecule has 0 aliphatic carbocycles. The van der Waals surface area contributed by atoms with E-state index in [1.165, 1.54) is 5.56 Å². The second kappa shape index (κ2) is 11.2. The molecule has 3 rings (SSSR count). The number of aliphatic imine (C=N–C) groups is 1. The van der Waals surface area contributed by atoms with E-state index in [0.717, 1.165) is 37.6 Å². The molecule has 4 N–H and O–H groups in total. The number of likely N-dealkylation sites (tertiary alicyclic amines) is 1. The van der Waals surface area contributed by atoms with Crippen molar-refractivity contribution in [1.82, 2.24) is 15.5 Å². The number of rotatable bonds is 9. The smallest absolute Gasteiger partial charge is 0.248 e. The van der Waals surface area contributed by atoms with E-state index in [0.29, 0.717) is 25.1 Å². The summed E-state index contributed by atoms with van der Waals surface area (Å²) in [6, 6.07) is 17.4. The monoisotopic (exact) mass is 421 g/mol. The number of nitrogens with zero attached hydrogens (tertiary/aromatic N) is 2. The molecule has 0 saturated carbocycles. The minimum Gasteiger partial charge on any atom is -0.366 e. The standard InChI is InChI=1S/C24H31N5O2/c1-2-26-24(27-15-19-8-10-21(11-9-19)23(25)31)28-16-20-14-22(30)29(17-20)13-12-18-6-4-3-5-7-18/h3-11,20H,2,12-17H2,1H3,(H2,25,31)(H2,26,27,28). The highest BCUT2D eigenvalue weighted by Gasteiger charge is 2.29. The fourth-order valence-corrected chi connectivity index (χ4v) is 3.64. The minimum absolute atomic E-state index is 0.221. The molecule has 31 heavy (non-hydrogen) atoms. The van der Waals surface area contributed by atoms with Crippen LogP contribution in [0.15, 0.2) is 59.6 Å². The lowest BCUT2D eigenvalue weighted by molar-refractivity contribution is -0.127. The number of nitrogens with one attached hydrogen (secondary N) is 2. The summed E-state index contributed by atoms with van der Waals surface area (Å²) in [7, 11) is 0. The third kappa shape index (κ3) is 6.84. The van der Waals surface area contributed by atoms with Crippen molar-refractivity contribution in [3.8, 4) is 0 Å². The van der Waals surface area contributed by atoms with Crippen molar-refractivity contribution in [3.05, 3.63) is 71.3 Å². The molecule has 2 aromatic rings. The Kier molecular flexibility index (Phi) is 8.04. The summed E-state index contributed by atoms with van der Waals surface area (Å²) in [5, 5.41) is 6.61. The van der Waals surface area contributed by atoms with Gasteiger partial charge in [0.15, 0.2) is 5.96 Å². The normalized spacial score (nSPS) is 16.4. The van der Waals surface area contributed by atoms with Crippen LogP contribution in [0.1, 0.15) is 34.8 Å². The number of guanidine groups is 1. The predicted octanol–water partition coefficient (Wildman–Crippen LogP) is 1.93. The van der Waals surface area contributed by atoms with E-state index in [4.69, 9.17) is 5.73 Å². The van der Waals surface area contributed by atoms with Gasteiger partial charge in [-0.3, -0.25) is 9.59 Å². The Morgan fingerprint density at radius 3 is 2.52 bits per heavy atom. The first-order valence-electron chi connectivity index (χ1n) is 10.8. The lowest BCUT2D eigenvalue weighted by Gasteiger charge is -2.18. The third-order valence-corrected chi connectivity index (χ3v) is 5.37. The molecule has 0 radical (unpaired) electrons. The van der Waals surface area contributed by atoms with Gasteiger partial charge in [0.05, 0.1) is 6.54 Å². The fourth-order valence-electron chi connectivity index (χ4n) is 3.64. The molecular formula is C24H31N5O2. The second-order valence-electron chi connectivity index (χ2n) is 7.78. The van der Waals surface area contributed by atoms with Crippen LogP contribution in [0.3, 0.4) is 0 Å². The maximum absolute atomic E-state index is 12.4. The summed E-state index contributed by atoms with van der Waals surface area (Å²) >= 11 is 0. The molecule has 1 unspecified atom stereocenters. The number of hydrogen-bond donors (Lipinski definition) is 3. The van der Waals surface area contributed by atoms with Crippen LogP contribution in [-0.4, -0.2) is 48.9 Å². The first-order chi connectivity index (χ1) is 15.0. The number of primary amides is 1. The summed E-state index contributed by atoms with van der Waals surface area (Å²) in [6.07, 6.45) is 1.45. The van der Waals surface area contributed by atoms with Crippen molar-refractivity contribution in [2.75, 3.05) is 26.2 Å². The first kappa shape index (κ1) is 22.3. The van der Waals surface area contributed by atoms with Gasteiger partial charge < -0.3 is 21.3 Å². The van der Waals surface area contributed by atoms with Crippen molar-refractivity contribution in [3.63, 3.8) is 0 Å². The molecular weight excluding hydrogens is 390 g/mol. The van der Waals surface area contributed by atoms with E-state index in [1.54, 1.807) is 12.1 Å². The molecule has 1 saturated heterocycles. The number of carbonyl (C=O) groups is 2. The Morgan fingerprint density at radius 1 is 1.10 bits per heavy atom. The van der Waals surface area contributed by atoms with Gasteiger partial charge in [-0.05, 0) is 36.6 Å². The van der Waals surface area contributed by atoms with Crippen LogP contribution in [0.25, 0.3) is 0 Å². The molecule has 0 aromatic heterocycles. The predicted molar refractivity (Wildman–Crippen MR) is 123 cm³/mol. The first-order valence-corrected chi connectivity index (χ1v) is 10.8. The van der Waals surface area contributed by atoms with Gasteiger partial charge in [0.2, 0.25) is 11.8 Å². The van der Waals surface area contributed by atoms with Crippen molar-refractivity contribution in [1.29, 1.82) is 0 Å². The largest absolute Gasteiger partial charge is 0.366 e. The molecule has 7 nitrogen and oxygen atoms in total. The van der Waals surface area contributed by atoms with Crippen LogP contribution in [0, 0.1) is 5.92 Å². The third-order valence-electron chi connectivity index (χ3n) is 5.37. The van der Waals surface area contributed by atoms with Crippen molar-refractivity contribution < 1.29 is 9.59 Å². The average molecular weight is 422 g/mol. The molecule has 2 aromatic carbocycles. The zero-order chi connectivity index (χ0) is 22.1. The lowest BCUT2D eigenvalue weighted by atomic mass is 10.1. The maximum atomic E-state index is 12.4. The number of nitrogens with two attached hydrogens (primary N) is 1. The van der Waals surface area contributed by atoms with Gasteiger partial charge in [-0.2, -0.15) is 0 Å². The zero-order valence-corrected chi connectivity index (χ0v) is 18.0. The van der Waals surface area contributed by atoms with Gasteiger partial charge in [0.25, 0.3) is 0 Å². The van der Waals surface area contributed by atoms with E-state index in [9.17, 15) is 9.59 Å². The Bertz CT molecular complexity index is 896. The van der Waals surface area contributed by atoms with E-state index in [-0.39, 0.29) is 11.8 Å². The highest BCUT2D eigenvalue weighted by Crippen LogP contribution is 2.17.